The van der Waals surface area contributed by atoms with Gasteiger partial charge < -0.3 is 14.6 Å². The van der Waals surface area contributed by atoms with Crippen LogP contribution in [0.4, 0.5) is 0 Å². The predicted molar refractivity (Wildman–Crippen MR) is 114 cm³/mol. The van der Waals surface area contributed by atoms with Crippen molar-refractivity contribution >= 4 is 10.9 Å². The number of ether oxygens (including phenoxy) is 1. The summed E-state index contributed by atoms with van der Waals surface area (Å²) in [5.41, 5.74) is 3.92. The SMILES string of the molecule is c1ccc(Cn2cc(CNCCCOc3ccccn3)c3ccccc32)cc1. The molecule has 0 bridgehead atoms. The van der Waals surface area contributed by atoms with E-state index in [1.807, 2.05) is 18.2 Å². The summed E-state index contributed by atoms with van der Waals surface area (Å²) >= 11 is 0. The highest BCUT2D eigenvalue weighted by Crippen LogP contribution is 2.22. The van der Waals surface area contributed by atoms with Gasteiger partial charge in [-0.25, -0.2) is 4.98 Å². The van der Waals surface area contributed by atoms with Gasteiger partial charge in [0.2, 0.25) is 5.88 Å². The van der Waals surface area contributed by atoms with Gasteiger partial charge in [-0.1, -0.05) is 54.6 Å². The van der Waals surface area contributed by atoms with E-state index < -0.39 is 0 Å². The lowest BCUT2D eigenvalue weighted by Crippen LogP contribution is -2.17. The molecule has 4 aromatic rings. The van der Waals surface area contributed by atoms with Crippen LogP contribution in [0.2, 0.25) is 0 Å². The lowest BCUT2D eigenvalue weighted by molar-refractivity contribution is 0.296. The van der Waals surface area contributed by atoms with Gasteiger partial charge in [0.05, 0.1) is 6.61 Å². The van der Waals surface area contributed by atoms with Gasteiger partial charge in [0, 0.05) is 42.5 Å². The molecule has 0 fully saturated rings. The van der Waals surface area contributed by atoms with E-state index in [2.05, 4.69) is 75.7 Å². The normalized spacial score (nSPS) is 11.0. The van der Waals surface area contributed by atoms with Crippen LogP contribution in [0.3, 0.4) is 0 Å². The van der Waals surface area contributed by atoms with Crippen LogP contribution in [-0.2, 0) is 13.1 Å². The highest BCUT2D eigenvalue weighted by molar-refractivity contribution is 5.84. The molecule has 0 amide bonds. The van der Waals surface area contributed by atoms with E-state index in [0.717, 1.165) is 26.1 Å². The maximum absolute atomic E-state index is 5.64. The lowest BCUT2D eigenvalue weighted by atomic mass is 10.2. The van der Waals surface area contributed by atoms with E-state index in [1.54, 1.807) is 6.20 Å². The second-order valence-corrected chi connectivity index (χ2v) is 6.83. The van der Waals surface area contributed by atoms with E-state index in [0.29, 0.717) is 12.5 Å². The third kappa shape index (κ3) is 4.59. The Morgan fingerprint density at radius 3 is 2.57 bits per heavy atom. The molecule has 4 nitrogen and oxygen atoms in total. The fourth-order valence-electron chi connectivity index (χ4n) is 3.40. The van der Waals surface area contributed by atoms with Crippen molar-refractivity contribution in [3.63, 3.8) is 0 Å². The van der Waals surface area contributed by atoms with Crippen molar-refractivity contribution in [2.24, 2.45) is 0 Å². The number of pyridine rings is 1. The topological polar surface area (TPSA) is 39.1 Å². The number of nitrogens with one attached hydrogen (secondary N) is 1. The van der Waals surface area contributed by atoms with Crippen molar-refractivity contribution in [2.45, 2.75) is 19.5 Å². The fourth-order valence-corrected chi connectivity index (χ4v) is 3.40. The first-order valence-corrected chi connectivity index (χ1v) is 9.75. The molecular formula is C24H25N3O. The van der Waals surface area contributed by atoms with Crippen molar-refractivity contribution in [3.05, 3.63) is 96.3 Å². The molecule has 2 aromatic carbocycles. The Balaban J connectivity index is 1.33. The molecule has 0 unspecified atom stereocenters. The number of hydrogen-bond donors (Lipinski definition) is 1. The lowest BCUT2D eigenvalue weighted by Gasteiger charge is -2.06. The number of aromatic nitrogens is 2. The van der Waals surface area contributed by atoms with E-state index in [9.17, 15) is 0 Å². The van der Waals surface area contributed by atoms with Crippen molar-refractivity contribution in [2.75, 3.05) is 13.2 Å². The summed E-state index contributed by atoms with van der Waals surface area (Å²) in [6.07, 6.45) is 4.97. The maximum Gasteiger partial charge on any atom is 0.213 e. The average molecular weight is 371 g/mol. The van der Waals surface area contributed by atoms with E-state index in [1.165, 1.54) is 22.0 Å². The van der Waals surface area contributed by atoms with Crippen molar-refractivity contribution in [3.8, 4) is 5.88 Å². The van der Waals surface area contributed by atoms with Crippen LogP contribution in [0.15, 0.2) is 85.2 Å². The molecule has 0 radical (unpaired) electrons. The number of nitrogens with zero attached hydrogens (tertiary/aromatic N) is 2. The highest BCUT2D eigenvalue weighted by Gasteiger charge is 2.08. The Bertz CT molecular complexity index is 996. The molecule has 0 spiro atoms. The Kier molecular flexibility index (Phi) is 6.00. The highest BCUT2D eigenvalue weighted by atomic mass is 16.5. The first kappa shape index (κ1) is 18.3. The summed E-state index contributed by atoms with van der Waals surface area (Å²) in [5.74, 6) is 0.687. The zero-order valence-corrected chi connectivity index (χ0v) is 15.9. The molecule has 0 saturated heterocycles. The minimum atomic E-state index is 0.666. The average Bonchev–Trinajstić information content (AvgIpc) is 3.10. The van der Waals surface area contributed by atoms with Gasteiger partial charge in [0.1, 0.15) is 0 Å². The fraction of sp³-hybridized carbons (Fsp3) is 0.208. The first-order chi connectivity index (χ1) is 13.9. The minimum absolute atomic E-state index is 0.666. The van der Waals surface area contributed by atoms with Gasteiger partial charge in [0.15, 0.2) is 0 Å². The smallest absolute Gasteiger partial charge is 0.213 e. The van der Waals surface area contributed by atoms with Gasteiger partial charge in [-0.2, -0.15) is 0 Å². The third-order valence-electron chi connectivity index (χ3n) is 4.77. The molecule has 4 rings (SSSR count). The summed E-state index contributed by atoms with van der Waals surface area (Å²) in [7, 11) is 0. The number of para-hydroxylation sites is 1. The van der Waals surface area contributed by atoms with Crippen LogP contribution >= 0.6 is 0 Å². The summed E-state index contributed by atoms with van der Waals surface area (Å²) in [6.45, 7) is 3.32. The molecule has 2 aromatic heterocycles. The number of hydrogen-bond acceptors (Lipinski definition) is 3. The molecule has 0 saturated carbocycles. The second-order valence-electron chi connectivity index (χ2n) is 6.83. The van der Waals surface area contributed by atoms with Crippen molar-refractivity contribution in [1.29, 1.82) is 0 Å². The number of fused-ring (bicyclic) bond motifs is 1. The molecule has 1 N–H and O–H groups in total. The predicted octanol–water partition coefficient (Wildman–Crippen LogP) is 4.64. The standard InChI is InChI=1S/C24H25N3O/c1-2-9-20(10-3-1)18-27-19-21(22-11-4-5-12-23(22)27)17-25-14-8-16-28-24-13-6-7-15-26-24/h1-7,9-13,15,19,25H,8,14,16-18H2. The molecule has 142 valence electrons. The van der Waals surface area contributed by atoms with Crippen LogP contribution in [-0.4, -0.2) is 22.7 Å². The zero-order valence-electron chi connectivity index (χ0n) is 15.9. The Labute approximate surface area is 165 Å². The zero-order chi connectivity index (χ0) is 19.0. The third-order valence-corrected chi connectivity index (χ3v) is 4.77. The maximum atomic E-state index is 5.64. The Morgan fingerprint density at radius 1 is 0.893 bits per heavy atom. The monoisotopic (exact) mass is 371 g/mol. The Hall–Kier alpha value is -3.11. The molecule has 2 heterocycles. The minimum Gasteiger partial charge on any atom is -0.478 e. The molecule has 0 aliphatic heterocycles. The Morgan fingerprint density at radius 2 is 1.71 bits per heavy atom. The van der Waals surface area contributed by atoms with Crippen LogP contribution in [0.1, 0.15) is 17.5 Å². The van der Waals surface area contributed by atoms with Crippen LogP contribution in [0.25, 0.3) is 10.9 Å². The number of rotatable bonds is 9. The molecule has 0 aliphatic rings. The van der Waals surface area contributed by atoms with E-state index >= 15 is 0 Å². The molecule has 28 heavy (non-hydrogen) atoms. The molecular weight excluding hydrogens is 346 g/mol. The van der Waals surface area contributed by atoms with Gasteiger partial charge in [0.25, 0.3) is 0 Å². The van der Waals surface area contributed by atoms with Crippen LogP contribution < -0.4 is 10.1 Å². The summed E-state index contributed by atoms with van der Waals surface area (Å²) in [4.78, 5) is 4.17. The molecule has 0 aliphatic carbocycles. The quantitative estimate of drug-likeness (QED) is 0.436. The van der Waals surface area contributed by atoms with Gasteiger partial charge in [-0.05, 0) is 36.2 Å². The van der Waals surface area contributed by atoms with Crippen LogP contribution in [0.5, 0.6) is 5.88 Å². The van der Waals surface area contributed by atoms with Crippen molar-refractivity contribution < 1.29 is 4.74 Å². The van der Waals surface area contributed by atoms with Gasteiger partial charge in [-0.3, -0.25) is 0 Å². The summed E-state index contributed by atoms with van der Waals surface area (Å²) in [5, 5.41) is 4.86. The summed E-state index contributed by atoms with van der Waals surface area (Å²) < 4.78 is 7.98. The van der Waals surface area contributed by atoms with Gasteiger partial charge in [-0.15, -0.1) is 0 Å². The first-order valence-electron chi connectivity index (χ1n) is 9.75. The van der Waals surface area contributed by atoms with Crippen molar-refractivity contribution in [1.82, 2.24) is 14.9 Å². The van der Waals surface area contributed by atoms with E-state index in [-0.39, 0.29) is 0 Å². The van der Waals surface area contributed by atoms with Crippen LogP contribution in [0, 0.1) is 0 Å². The van der Waals surface area contributed by atoms with E-state index in [4.69, 9.17) is 4.74 Å². The number of benzene rings is 2. The second kappa shape index (κ2) is 9.20. The molecule has 0 atom stereocenters. The summed E-state index contributed by atoms with van der Waals surface area (Å²) in [6, 6.07) is 24.9. The van der Waals surface area contributed by atoms with Gasteiger partial charge >= 0.3 is 0 Å². The largest absolute Gasteiger partial charge is 0.478 e. The molecule has 4 heteroatoms.